The van der Waals surface area contributed by atoms with Crippen LogP contribution in [-0.2, 0) is 11.3 Å². The van der Waals surface area contributed by atoms with Gasteiger partial charge in [0.1, 0.15) is 5.82 Å². The van der Waals surface area contributed by atoms with Crippen LogP contribution in [0.5, 0.6) is 0 Å². The smallest absolute Gasteiger partial charge is 0.146 e. The average molecular weight is 252 g/mol. The van der Waals surface area contributed by atoms with E-state index >= 15 is 0 Å². The van der Waals surface area contributed by atoms with Gasteiger partial charge in [-0.05, 0) is 30.5 Å². The molecule has 100 valence electrons. The van der Waals surface area contributed by atoms with Crippen LogP contribution < -0.4 is 10.2 Å². The van der Waals surface area contributed by atoms with Crippen LogP contribution in [0, 0.1) is 5.82 Å². The molecule has 1 aromatic carbocycles. The van der Waals surface area contributed by atoms with Crippen molar-refractivity contribution in [1.29, 1.82) is 0 Å². The number of likely N-dealkylation sites (N-methyl/N-ethyl adjacent to an activating group) is 1. The summed E-state index contributed by atoms with van der Waals surface area (Å²) in [6.07, 6.45) is 2.50. The fraction of sp³-hybridized carbons (Fsp3) is 0.571. The molecule has 0 radical (unpaired) electrons. The van der Waals surface area contributed by atoms with E-state index in [1.807, 2.05) is 24.1 Å². The van der Waals surface area contributed by atoms with Gasteiger partial charge in [-0.1, -0.05) is 6.07 Å². The Morgan fingerprint density at radius 2 is 2.22 bits per heavy atom. The van der Waals surface area contributed by atoms with E-state index in [1.54, 1.807) is 13.2 Å². The zero-order valence-electron chi connectivity index (χ0n) is 11.1. The van der Waals surface area contributed by atoms with Crippen molar-refractivity contribution in [2.75, 3.05) is 32.2 Å². The molecule has 0 amide bonds. The third-order valence-corrected chi connectivity index (χ3v) is 3.23. The molecule has 0 aliphatic heterocycles. The monoisotopic (exact) mass is 252 g/mol. The minimum atomic E-state index is -0.163. The van der Waals surface area contributed by atoms with Crippen molar-refractivity contribution in [3.63, 3.8) is 0 Å². The van der Waals surface area contributed by atoms with Crippen LogP contribution >= 0.6 is 0 Å². The van der Waals surface area contributed by atoms with E-state index < -0.39 is 0 Å². The summed E-state index contributed by atoms with van der Waals surface area (Å²) in [6.45, 7) is 2.04. The second-order valence-electron chi connectivity index (χ2n) is 4.86. The lowest BCUT2D eigenvalue weighted by Crippen LogP contribution is -2.23. The molecule has 0 unspecified atom stereocenters. The van der Waals surface area contributed by atoms with E-state index in [1.165, 1.54) is 12.8 Å². The summed E-state index contributed by atoms with van der Waals surface area (Å²) >= 11 is 0. The second-order valence-corrected chi connectivity index (χ2v) is 4.86. The van der Waals surface area contributed by atoms with Crippen molar-refractivity contribution >= 4 is 5.69 Å². The number of halogens is 1. The van der Waals surface area contributed by atoms with Gasteiger partial charge in [0.25, 0.3) is 0 Å². The number of benzene rings is 1. The quantitative estimate of drug-likeness (QED) is 0.805. The number of nitrogens with one attached hydrogen (secondary N) is 1. The van der Waals surface area contributed by atoms with E-state index in [0.717, 1.165) is 12.1 Å². The lowest BCUT2D eigenvalue weighted by molar-refractivity contribution is 0.206. The first kappa shape index (κ1) is 13.3. The summed E-state index contributed by atoms with van der Waals surface area (Å²) in [4.78, 5) is 1.87. The molecule has 0 aromatic heterocycles. The van der Waals surface area contributed by atoms with Gasteiger partial charge in [0.2, 0.25) is 0 Å². The van der Waals surface area contributed by atoms with Crippen LogP contribution in [0.1, 0.15) is 18.4 Å². The van der Waals surface area contributed by atoms with Crippen LogP contribution in [0.4, 0.5) is 10.1 Å². The first-order valence-corrected chi connectivity index (χ1v) is 6.42. The molecule has 1 aromatic rings. The number of rotatable bonds is 7. The Hall–Kier alpha value is -1.13. The van der Waals surface area contributed by atoms with Crippen molar-refractivity contribution < 1.29 is 9.13 Å². The SMILES string of the molecule is COCCN(C)c1ccc(CNC2CC2)cc1F. The van der Waals surface area contributed by atoms with E-state index in [4.69, 9.17) is 4.74 Å². The lowest BCUT2D eigenvalue weighted by Gasteiger charge is -2.20. The van der Waals surface area contributed by atoms with Crippen molar-refractivity contribution in [3.8, 4) is 0 Å². The van der Waals surface area contributed by atoms with Crippen LogP contribution in [0.3, 0.4) is 0 Å². The van der Waals surface area contributed by atoms with Crippen molar-refractivity contribution in [2.24, 2.45) is 0 Å². The van der Waals surface area contributed by atoms with E-state index in [-0.39, 0.29) is 5.82 Å². The summed E-state index contributed by atoms with van der Waals surface area (Å²) in [5, 5.41) is 3.38. The summed E-state index contributed by atoms with van der Waals surface area (Å²) in [5.74, 6) is -0.163. The average Bonchev–Trinajstić information content (AvgIpc) is 3.17. The lowest BCUT2D eigenvalue weighted by atomic mass is 10.2. The van der Waals surface area contributed by atoms with E-state index in [2.05, 4.69) is 5.32 Å². The topological polar surface area (TPSA) is 24.5 Å². The number of anilines is 1. The standard InChI is InChI=1S/C14H21FN2O/c1-17(7-8-18-2)14-6-3-11(9-13(14)15)10-16-12-4-5-12/h3,6,9,12,16H,4-5,7-8,10H2,1-2H3. The van der Waals surface area contributed by atoms with Crippen LogP contribution in [-0.4, -0.2) is 33.4 Å². The molecule has 1 aliphatic rings. The Morgan fingerprint density at radius 3 is 2.83 bits per heavy atom. The zero-order chi connectivity index (χ0) is 13.0. The summed E-state index contributed by atoms with van der Waals surface area (Å²) < 4.78 is 19.0. The van der Waals surface area contributed by atoms with Gasteiger partial charge in [-0.3, -0.25) is 0 Å². The maximum absolute atomic E-state index is 14.0. The molecule has 1 fully saturated rings. The van der Waals surface area contributed by atoms with Crippen molar-refractivity contribution in [2.45, 2.75) is 25.4 Å². The first-order valence-electron chi connectivity index (χ1n) is 6.42. The van der Waals surface area contributed by atoms with Crippen LogP contribution in [0.15, 0.2) is 18.2 Å². The summed E-state index contributed by atoms with van der Waals surface area (Å²) in [6, 6.07) is 6.09. The normalized spacial score (nSPS) is 14.8. The molecule has 3 nitrogen and oxygen atoms in total. The molecule has 1 N–H and O–H groups in total. The van der Waals surface area contributed by atoms with Crippen LogP contribution in [0.25, 0.3) is 0 Å². The number of nitrogens with zero attached hydrogens (tertiary/aromatic N) is 1. The van der Waals surface area contributed by atoms with Gasteiger partial charge in [-0.2, -0.15) is 0 Å². The predicted molar refractivity (Wildman–Crippen MR) is 71.4 cm³/mol. The maximum Gasteiger partial charge on any atom is 0.146 e. The fourth-order valence-corrected chi connectivity index (χ4v) is 1.87. The number of hydrogen-bond donors (Lipinski definition) is 1. The third-order valence-electron chi connectivity index (χ3n) is 3.23. The Morgan fingerprint density at radius 1 is 1.44 bits per heavy atom. The van der Waals surface area contributed by atoms with Gasteiger partial charge in [-0.25, -0.2) is 4.39 Å². The van der Waals surface area contributed by atoms with Gasteiger partial charge in [0, 0.05) is 33.3 Å². The van der Waals surface area contributed by atoms with E-state index in [9.17, 15) is 4.39 Å². The zero-order valence-corrected chi connectivity index (χ0v) is 11.1. The van der Waals surface area contributed by atoms with Crippen LogP contribution in [0.2, 0.25) is 0 Å². The Bertz CT molecular complexity index is 393. The molecule has 2 rings (SSSR count). The van der Waals surface area contributed by atoms with Gasteiger partial charge < -0.3 is 15.0 Å². The largest absolute Gasteiger partial charge is 0.383 e. The summed E-state index contributed by atoms with van der Waals surface area (Å²) in [7, 11) is 3.52. The van der Waals surface area contributed by atoms with Gasteiger partial charge in [0.15, 0.2) is 0 Å². The van der Waals surface area contributed by atoms with Gasteiger partial charge >= 0.3 is 0 Å². The molecular formula is C14H21FN2O. The van der Waals surface area contributed by atoms with Crippen molar-refractivity contribution in [3.05, 3.63) is 29.6 Å². The number of ether oxygens (including phenoxy) is 1. The Balaban J connectivity index is 1.94. The molecule has 0 heterocycles. The number of methoxy groups -OCH3 is 1. The highest BCUT2D eigenvalue weighted by atomic mass is 19.1. The fourth-order valence-electron chi connectivity index (χ4n) is 1.87. The molecule has 18 heavy (non-hydrogen) atoms. The summed E-state index contributed by atoms with van der Waals surface area (Å²) in [5.41, 5.74) is 1.63. The second kappa shape index (κ2) is 6.16. The third kappa shape index (κ3) is 3.68. The minimum Gasteiger partial charge on any atom is -0.383 e. The number of hydrogen-bond acceptors (Lipinski definition) is 3. The molecule has 0 saturated heterocycles. The highest BCUT2D eigenvalue weighted by Gasteiger charge is 2.20. The van der Waals surface area contributed by atoms with Gasteiger partial charge in [0.05, 0.1) is 12.3 Å². The molecule has 1 aliphatic carbocycles. The molecule has 0 atom stereocenters. The van der Waals surface area contributed by atoms with Crippen molar-refractivity contribution in [1.82, 2.24) is 5.32 Å². The molecule has 1 saturated carbocycles. The first-order chi connectivity index (χ1) is 8.70. The molecule has 0 bridgehead atoms. The van der Waals surface area contributed by atoms with Gasteiger partial charge in [-0.15, -0.1) is 0 Å². The highest BCUT2D eigenvalue weighted by Crippen LogP contribution is 2.22. The highest BCUT2D eigenvalue weighted by molar-refractivity contribution is 5.48. The molecular weight excluding hydrogens is 231 g/mol. The minimum absolute atomic E-state index is 0.163. The maximum atomic E-state index is 14.0. The molecule has 0 spiro atoms. The Kier molecular flexibility index (Phi) is 4.55. The molecule has 4 heteroatoms. The van der Waals surface area contributed by atoms with E-state index in [0.29, 0.717) is 24.9 Å². The predicted octanol–water partition coefficient (Wildman–Crippen LogP) is 2.16. The Labute approximate surface area is 108 Å².